The first-order chi connectivity index (χ1) is 7.29. The molecule has 0 amide bonds. The average molecular weight is 266 g/mol. The minimum Gasteiger partial charge on any atom is -0.326 e. The Morgan fingerprint density at radius 1 is 1.50 bits per heavy atom. The van der Waals surface area contributed by atoms with Gasteiger partial charge in [-0.05, 0) is 18.1 Å². The molecule has 0 saturated heterocycles. The highest BCUT2D eigenvalue weighted by Crippen LogP contribution is 2.18. The first kappa shape index (κ1) is 13.4. The second-order valence-electron chi connectivity index (χ2n) is 3.77. The fourth-order valence-corrected chi connectivity index (χ4v) is 2.53. The monoisotopic (exact) mass is 265 g/mol. The molecule has 2 N–H and O–H groups in total. The van der Waals surface area contributed by atoms with Crippen LogP contribution in [-0.2, 0) is 16.3 Å². The molecule has 90 valence electrons. The molecule has 3 nitrogen and oxygen atoms in total. The molecule has 0 aliphatic carbocycles. The summed E-state index contributed by atoms with van der Waals surface area (Å²) in [5.41, 5.74) is 5.96. The van der Waals surface area contributed by atoms with E-state index in [1.165, 1.54) is 6.07 Å². The summed E-state index contributed by atoms with van der Waals surface area (Å²) in [6, 6.07) is 3.96. The number of halogens is 2. The molecule has 0 saturated carbocycles. The molecular weight excluding hydrogens is 253 g/mol. The largest absolute Gasteiger partial charge is 0.326 e. The number of sulfone groups is 1. The summed E-state index contributed by atoms with van der Waals surface area (Å²) in [6.07, 6.45) is 1.25. The smallest absolute Gasteiger partial charge is 0.148 e. The second kappa shape index (κ2) is 5.12. The lowest BCUT2D eigenvalue weighted by Crippen LogP contribution is -2.31. The summed E-state index contributed by atoms with van der Waals surface area (Å²) in [6.45, 7) is 0. The summed E-state index contributed by atoms with van der Waals surface area (Å²) in [5, 5.41) is 0.0176. The third-order valence-corrected chi connectivity index (χ3v) is 3.36. The van der Waals surface area contributed by atoms with E-state index in [0.717, 1.165) is 6.26 Å². The molecule has 0 radical (unpaired) electrons. The molecule has 1 atom stereocenters. The van der Waals surface area contributed by atoms with E-state index in [1.807, 2.05) is 0 Å². The molecule has 0 aromatic heterocycles. The third kappa shape index (κ3) is 4.08. The van der Waals surface area contributed by atoms with Crippen molar-refractivity contribution < 1.29 is 12.8 Å². The van der Waals surface area contributed by atoms with Gasteiger partial charge in [0.15, 0.2) is 0 Å². The average Bonchev–Trinajstić information content (AvgIpc) is 2.09. The molecule has 0 aliphatic heterocycles. The van der Waals surface area contributed by atoms with Gasteiger partial charge in [0.2, 0.25) is 0 Å². The summed E-state index contributed by atoms with van der Waals surface area (Å²) in [7, 11) is -3.15. The fraction of sp³-hybridized carbons (Fsp3) is 0.400. The number of rotatable bonds is 4. The van der Waals surface area contributed by atoms with Gasteiger partial charge in [-0.15, -0.1) is 0 Å². The maximum atomic E-state index is 13.5. The zero-order valence-corrected chi connectivity index (χ0v) is 10.4. The summed E-state index contributed by atoms with van der Waals surface area (Å²) in [5.74, 6) is -0.702. The Morgan fingerprint density at radius 2 is 2.12 bits per heavy atom. The lowest BCUT2D eigenvalue weighted by atomic mass is 10.1. The lowest BCUT2D eigenvalue weighted by molar-refractivity contribution is 0.579. The Balaban J connectivity index is 2.77. The Kier molecular flexibility index (Phi) is 4.29. The molecular formula is C10H13ClFNO2S. The van der Waals surface area contributed by atoms with Gasteiger partial charge in [0, 0.05) is 12.3 Å². The number of hydrogen-bond donors (Lipinski definition) is 1. The number of benzene rings is 1. The van der Waals surface area contributed by atoms with Crippen LogP contribution in [0.2, 0.25) is 5.02 Å². The van der Waals surface area contributed by atoms with Gasteiger partial charge in [-0.25, -0.2) is 12.8 Å². The van der Waals surface area contributed by atoms with Gasteiger partial charge in [-0.3, -0.25) is 0 Å². The zero-order chi connectivity index (χ0) is 12.3. The summed E-state index contributed by atoms with van der Waals surface area (Å²) in [4.78, 5) is 0. The first-order valence-electron chi connectivity index (χ1n) is 4.66. The third-order valence-electron chi connectivity index (χ3n) is 2.03. The fourth-order valence-electron chi connectivity index (χ4n) is 1.44. The maximum absolute atomic E-state index is 13.5. The maximum Gasteiger partial charge on any atom is 0.148 e. The van der Waals surface area contributed by atoms with Gasteiger partial charge in [0.1, 0.15) is 15.7 Å². The molecule has 16 heavy (non-hydrogen) atoms. The molecule has 1 aromatic carbocycles. The molecule has 1 unspecified atom stereocenters. The van der Waals surface area contributed by atoms with Crippen LogP contribution in [0.5, 0.6) is 0 Å². The second-order valence-corrected chi connectivity index (χ2v) is 6.36. The van der Waals surface area contributed by atoms with Gasteiger partial charge >= 0.3 is 0 Å². The van der Waals surface area contributed by atoms with E-state index in [1.54, 1.807) is 12.1 Å². The Labute approximate surface area is 99.3 Å². The van der Waals surface area contributed by atoms with Crippen LogP contribution in [0, 0.1) is 5.82 Å². The highest BCUT2D eigenvalue weighted by molar-refractivity contribution is 7.90. The lowest BCUT2D eigenvalue weighted by Gasteiger charge is -2.11. The van der Waals surface area contributed by atoms with Crippen molar-refractivity contribution in [2.24, 2.45) is 5.73 Å². The SMILES string of the molecule is CS(=O)(=O)CC(N)Cc1cccc(Cl)c1F. The van der Waals surface area contributed by atoms with Crippen LogP contribution in [0.1, 0.15) is 5.56 Å². The quantitative estimate of drug-likeness (QED) is 0.895. The Morgan fingerprint density at radius 3 is 2.69 bits per heavy atom. The van der Waals surface area contributed by atoms with E-state index in [4.69, 9.17) is 17.3 Å². The van der Waals surface area contributed by atoms with Gasteiger partial charge in [-0.2, -0.15) is 0 Å². The van der Waals surface area contributed by atoms with Crippen molar-refractivity contribution >= 4 is 21.4 Å². The predicted octanol–water partition coefficient (Wildman–Crippen LogP) is 1.39. The topological polar surface area (TPSA) is 60.2 Å². The molecule has 0 bridgehead atoms. The van der Waals surface area contributed by atoms with Crippen LogP contribution in [0.4, 0.5) is 4.39 Å². The molecule has 0 spiro atoms. The zero-order valence-electron chi connectivity index (χ0n) is 8.78. The summed E-state index contributed by atoms with van der Waals surface area (Å²) < 4.78 is 35.4. The minimum atomic E-state index is -3.15. The van der Waals surface area contributed by atoms with Gasteiger partial charge < -0.3 is 5.73 Å². The van der Waals surface area contributed by atoms with Crippen molar-refractivity contribution in [3.8, 4) is 0 Å². The molecule has 1 rings (SSSR count). The van der Waals surface area contributed by atoms with Crippen LogP contribution >= 0.6 is 11.6 Å². The summed E-state index contributed by atoms with van der Waals surface area (Å²) >= 11 is 5.60. The van der Waals surface area contributed by atoms with Crippen LogP contribution in [0.15, 0.2) is 18.2 Å². The number of nitrogens with two attached hydrogens (primary N) is 1. The van der Waals surface area contributed by atoms with Crippen molar-refractivity contribution in [3.05, 3.63) is 34.6 Å². The highest BCUT2D eigenvalue weighted by atomic mass is 35.5. The van der Waals surface area contributed by atoms with Crippen LogP contribution in [0.3, 0.4) is 0 Å². The van der Waals surface area contributed by atoms with Gasteiger partial charge in [0.05, 0.1) is 10.8 Å². The Hall–Kier alpha value is -0.650. The van der Waals surface area contributed by atoms with Crippen LogP contribution < -0.4 is 5.73 Å². The molecule has 1 aromatic rings. The minimum absolute atomic E-state index is 0.0176. The van der Waals surface area contributed by atoms with Crippen LogP contribution in [0.25, 0.3) is 0 Å². The van der Waals surface area contributed by atoms with E-state index in [2.05, 4.69) is 0 Å². The number of hydrogen-bond acceptors (Lipinski definition) is 3. The van der Waals surface area contributed by atoms with Crippen molar-refractivity contribution in [1.82, 2.24) is 0 Å². The van der Waals surface area contributed by atoms with Gasteiger partial charge in [-0.1, -0.05) is 23.7 Å². The van der Waals surface area contributed by atoms with E-state index < -0.39 is 21.7 Å². The predicted molar refractivity (Wildman–Crippen MR) is 62.8 cm³/mol. The standard InChI is InChI=1S/C10H13ClFNO2S/c1-16(14,15)6-8(13)5-7-3-2-4-9(11)10(7)12/h2-4,8H,5-6,13H2,1H3. The first-order valence-corrected chi connectivity index (χ1v) is 7.09. The van der Waals surface area contributed by atoms with Crippen molar-refractivity contribution in [1.29, 1.82) is 0 Å². The normalized spacial score (nSPS) is 13.8. The van der Waals surface area contributed by atoms with Crippen molar-refractivity contribution in [2.45, 2.75) is 12.5 Å². The van der Waals surface area contributed by atoms with E-state index in [9.17, 15) is 12.8 Å². The molecule has 0 fully saturated rings. The molecule has 0 heterocycles. The van der Waals surface area contributed by atoms with Crippen molar-refractivity contribution in [2.75, 3.05) is 12.0 Å². The van der Waals surface area contributed by atoms with E-state index in [-0.39, 0.29) is 17.2 Å². The Bertz CT molecular complexity index is 476. The van der Waals surface area contributed by atoms with Crippen LogP contribution in [-0.4, -0.2) is 26.5 Å². The van der Waals surface area contributed by atoms with E-state index >= 15 is 0 Å². The highest BCUT2D eigenvalue weighted by Gasteiger charge is 2.14. The van der Waals surface area contributed by atoms with Crippen molar-refractivity contribution in [3.63, 3.8) is 0 Å². The molecule has 0 aliphatic rings. The van der Waals surface area contributed by atoms with E-state index in [0.29, 0.717) is 5.56 Å². The molecule has 6 heteroatoms. The van der Waals surface area contributed by atoms with Gasteiger partial charge in [0.25, 0.3) is 0 Å².